The summed E-state index contributed by atoms with van der Waals surface area (Å²) < 4.78 is 10.9. The average Bonchev–Trinajstić information content (AvgIpc) is 2.32. The summed E-state index contributed by atoms with van der Waals surface area (Å²) in [5.41, 5.74) is -0.475. The summed E-state index contributed by atoms with van der Waals surface area (Å²) in [4.78, 5) is 2.29. The number of nitrogens with zero attached hydrogens (tertiary/aromatic N) is 1. The van der Waals surface area contributed by atoms with Crippen molar-refractivity contribution in [2.45, 2.75) is 51.4 Å². The van der Waals surface area contributed by atoms with E-state index in [1.54, 1.807) is 7.11 Å². The molecule has 1 aliphatic heterocycles. The van der Waals surface area contributed by atoms with Crippen molar-refractivity contribution in [3.05, 3.63) is 0 Å². The van der Waals surface area contributed by atoms with Crippen LogP contribution in [-0.2, 0) is 9.47 Å². The highest BCUT2D eigenvalue weighted by Gasteiger charge is 2.30. The van der Waals surface area contributed by atoms with Gasteiger partial charge in [0.15, 0.2) is 0 Å². The maximum Gasteiger partial charge on any atom is 0.0950 e. The number of rotatable bonds is 6. The maximum atomic E-state index is 10.1. The largest absolute Gasteiger partial charge is 0.389 e. The molecule has 4 nitrogen and oxygen atoms in total. The molecule has 1 fully saturated rings. The molecule has 0 aromatic carbocycles. The van der Waals surface area contributed by atoms with Crippen molar-refractivity contribution in [1.82, 2.24) is 4.90 Å². The minimum absolute atomic E-state index is 0.406. The van der Waals surface area contributed by atoms with Gasteiger partial charge in [0.1, 0.15) is 0 Å². The molecule has 0 spiro atoms. The third kappa shape index (κ3) is 4.54. The smallest absolute Gasteiger partial charge is 0.0950 e. The molecule has 102 valence electrons. The van der Waals surface area contributed by atoms with Crippen molar-refractivity contribution < 1.29 is 14.6 Å². The standard InChI is InChI=1S/C13H27NO3/c1-5-17-11-6-8-14(9-7-11)10-12(15)13(2,3)16-4/h11-12,15H,5-10H2,1-4H3. The zero-order valence-corrected chi connectivity index (χ0v) is 11.6. The van der Waals surface area contributed by atoms with Gasteiger partial charge in [0.25, 0.3) is 0 Å². The van der Waals surface area contributed by atoms with Crippen LogP contribution in [0.25, 0.3) is 0 Å². The number of β-amino-alcohol motifs (C(OH)–C–C–N with tert-alkyl or cyclic N) is 1. The molecular formula is C13H27NO3. The SMILES string of the molecule is CCOC1CCN(CC(O)C(C)(C)OC)CC1. The molecule has 1 aliphatic rings. The lowest BCUT2D eigenvalue weighted by atomic mass is 9.99. The second-order valence-corrected chi connectivity index (χ2v) is 5.28. The van der Waals surface area contributed by atoms with Crippen LogP contribution in [0.4, 0.5) is 0 Å². The summed E-state index contributed by atoms with van der Waals surface area (Å²) in [5, 5.41) is 10.1. The molecule has 1 unspecified atom stereocenters. The first-order chi connectivity index (χ1) is 7.99. The van der Waals surface area contributed by atoms with Gasteiger partial charge in [-0.15, -0.1) is 0 Å². The fourth-order valence-corrected chi connectivity index (χ4v) is 2.09. The predicted octanol–water partition coefficient (Wildman–Crippen LogP) is 1.27. The summed E-state index contributed by atoms with van der Waals surface area (Å²) in [5.74, 6) is 0. The number of aliphatic hydroxyl groups is 1. The molecule has 1 N–H and O–H groups in total. The van der Waals surface area contributed by atoms with Crippen molar-refractivity contribution in [2.24, 2.45) is 0 Å². The Hall–Kier alpha value is -0.160. The molecule has 0 bridgehead atoms. The fourth-order valence-electron chi connectivity index (χ4n) is 2.09. The van der Waals surface area contributed by atoms with Crippen molar-refractivity contribution in [3.63, 3.8) is 0 Å². The van der Waals surface area contributed by atoms with Gasteiger partial charge in [0.2, 0.25) is 0 Å². The molecule has 1 saturated heterocycles. The van der Waals surface area contributed by atoms with Crippen molar-refractivity contribution in [3.8, 4) is 0 Å². The zero-order valence-electron chi connectivity index (χ0n) is 11.6. The Morgan fingerprint density at radius 3 is 2.41 bits per heavy atom. The highest BCUT2D eigenvalue weighted by Crippen LogP contribution is 2.18. The van der Waals surface area contributed by atoms with Crippen LogP contribution in [0.2, 0.25) is 0 Å². The Morgan fingerprint density at radius 2 is 1.94 bits per heavy atom. The Kier molecular flexibility index (Phi) is 5.86. The third-order valence-corrected chi connectivity index (χ3v) is 3.70. The van der Waals surface area contributed by atoms with Gasteiger partial charge in [-0.3, -0.25) is 0 Å². The van der Waals surface area contributed by atoms with Gasteiger partial charge in [0.05, 0.1) is 17.8 Å². The van der Waals surface area contributed by atoms with E-state index in [9.17, 15) is 5.11 Å². The summed E-state index contributed by atoms with van der Waals surface area (Å²) in [6.07, 6.45) is 2.09. The lowest BCUT2D eigenvalue weighted by molar-refractivity contribution is -0.0926. The first-order valence-electron chi connectivity index (χ1n) is 6.56. The predicted molar refractivity (Wildman–Crippen MR) is 68.2 cm³/mol. The van der Waals surface area contributed by atoms with Gasteiger partial charge in [-0.05, 0) is 33.6 Å². The van der Waals surface area contributed by atoms with E-state index < -0.39 is 11.7 Å². The first-order valence-corrected chi connectivity index (χ1v) is 6.56. The fraction of sp³-hybridized carbons (Fsp3) is 1.00. The minimum atomic E-state index is -0.475. The normalized spacial score (nSPS) is 21.7. The van der Waals surface area contributed by atoms with Crippen molar-refractivity contribution in [1.29, 1.82) is 0 Å². The molecule has 4 heteroatoms. The Bertz CT molecular complexity index is 213. The Balaban J connectivity index is 2.30. The highest BCUT2D eigenvalue weighted by atomic mass is 16.5. The topological polar surface area (TPSA) is 41.9 Å². The monoisotopic (exact) mass is 245 g/mol. The van der Waals surface area contributed by atoms with Crippen molar-refractivity contribution >= 4 is 0 Å². The number of aliphatic hydroxyl groups excluding tert-OH is 1. The third-order valence-electron chi connectivity index (χ3n) is 3.70. The Labute approximate surface area is 105 Å². The number of likely N-dealkylation sites (tertiary alicyclic amines) is 1. The van der Waals surface area contributed by atoms with Crippen LogP contribution in [0.15, 0.2) is 0 Å². The van der Waals surface area contributed by atoms with Gasteiger partial charge in [-0.25, -0.2) is 0 Å². The molecule has 1 atom stereocenters. The van der Waals surface area contributed by atoms with E-state index in [1.807, 2.05) is 20.8 Å². The maximum absolute atomic E-state index is 10.1. The highest BCUT2D eigenvalue weighted by molar-refractivity contribution is 4.83. The van der Waals surface area contributed by atoms with Crippen LogP contribution < -0.4 is 0 Å². The van der Waals surface area contributed by atoms with Gasteiger partial charge in [-0.2, -0.15) is 0 Å². The van der Waals surface area contributed by atoms with Gasteiger partial charge in [-0.1, -0.05) is 0 Å². The lowest BCUT2D eigenvalue weighted by Crippen LogP contribution is -2.48. The van der Waals surface area contributed by atoms with E-state index in [1.165, 1.54) is 0 Å². The number of piperidine rings is 1. The van der Waals surface area contributed by atoms with E-state index in [4.69, 9.17) is 9.47 Å². The van der Waals surface area contributed by atoms with Gasteiger partial charge in [0, 0.05) is 33.4 Å². The van der Waals surface area contributed by atoms with Crippen LogP contribution in [0, 0.1) is 0 Å². The molecule has 0 saturated carbocycles. The first kappa shape index (κ1) is 14.9. The quantitative estimate of drug-likeness (QED) is 0.765. The van der Waals surface area contributed by atoms with E-state index in [0.717, 1.165) is 32.5 Å². The number of hydrogen-bond donors (Lipinski definition) is 1. The summed E-state index contributed by atoms with van der Waals surface area (Å²) >= 11 is 0. The average molecular weight is 245 g/mol. The second kappa shape index (κ2) is 6.69. The molecule has 1 heterocycles. The Morgan fingerprint density at radius 1 is 1.35 bits per heavy atom. The molecule has 17 heavy (non-hydrogen) atoms. The van der Waals surface area contributed by atoms with Crippen LogP contribution in [0.5, 0.6) is 0 Å². The number of ether oxygens (including phenoxy) is 2. The van der Waals surface area contributed by atoms with Gasteiger partial charge < -0.3 is 19.5 Å². The molecule has 0 aliphatic carbocycles. The van der Waals surface area contributed by atoms with E-state index >= 15 is 0 Å². The molecule has 1 rings (SSSR count). The minimum Gasteiger partial charge on any atom is -0.389 e. The van der Waals surface area contributed by atoms with Crippen LogP contribution in [-0.4, -0.2) is 61.2 Å². The van der Waals surface area contributed by atoms with Crippen LogP contribution in [0.3, 0.4) is 0 Å². The number of hydrogen-bond acceptors (Lipinski definition) is 4. The zero-order chi connectivity index (χ0) is 12.9. The van der Waals surface area contributed by atoms with Crippen LogP contribution in [0.1, 0.15) is 33.6 Å². The van der Waals surface area contributed by atoms with Gasteiger partial charge >= 0.3 is 0 Å². The summed E-state index contributed by atoms with van der Waals surface area (Å²) in [6, 6.07) is 0. The summed E-state index contributed by atoms with van der Waals surface area (Å²) in [6.45, 7) is 9.36. The molecular weight excluding hydrogens is 218 g/mol. The van der Waals surface area contributed by atoms with E-state index in [2.05, 4.69) is 4.90 Å². The summed E-state index contributed by atoms with van der Waals surface area (Å²) in [7, 11) is 1.64. The molecule has 0 aromatic rings. The number of methoxy groups -OCH3 is 1. The van der Waals surface area contributed by atoms with E-state index in [-0.39, 0.29) is 0 Å². The molecule has 0 amide bonds. The molecule has 0 radical (unpaired) electrons. The second-order valence-electron chi connectivity index (χ2n) is 5.28. The van der Waals surface area contributed by atoms with Crippen LogP contribution >= 0.6 is 0 Å². The lowest BCUT2D eigenvalue weighted by Gasteiger charge is -2.36. The van der Waals surface area contributed by atoms with Crippen molar-refractivity contribution in [2.75, 3.05) is 33.4 Å². The molecule has 0 aromatic heterocycles. The van der Waals surface area contributed by atoms with E-state index in [0.29, 0.717) is 12.6 Å².